The van der Waals surface area contributed by atoms with E-state index in [4.69, 9.17) is 4.42 Å². The Labute approximate surface area is 131 Å². The van der Waals surface area contributed by atoms with Crippen LogP contribution in [0, 0.1) is 0 Å². The van der Waals surface area contributed by atoms with Crippen LogP contribution in [-0.4, -0.2) is 15.2 Å². The first-order valence-electron chi connectivity index (χ1n) is 7.38. The lowest BCUT2D eigenvalue weighted by molar-refractivity contribution is 0.666. The molecule has 0 radical (unpaired) electrons. The molecule has 0 aliphatic carbocycles. The van der Waals surface area contributed by atoms with E-state index >= 15 is 0 Å². The minimum atomic E-state index is 0.671. The summed E-state index contributed by atoms with van der Waals surface area (Å²) >= 11 is 0. The fourth-order valence-corrected chi connectivity index (χ4v) is 2.94. The predicted octanol–water partition coefficient (Wildman–Crippen LogP) is 4.59. The molecule has 4 nitrogen and oxygen atoms in total. The van der Waals surface area contributed by atoms with Crippen LogP contribution in [0.15, 0.2) is 71.4 Å². The molecule has 0 saturated carbocycles. The molecule has 3 heterocycles. The van der Waals surface area contributed by atoms with Gasteiger partial charge < -0.3 is 4.42 Å². The van der Waals surface area contributed by atoms with Crippen molar-refractivity contribution in [3.05, 3.63) is 67.0 Å². The van der Waals surface area contributed by atoms with Gasteiger partial charge in [-0.05, 0) is 17.5 Å². The van der Waals surface area contributed by atoms with Gasteiger partial charge in [-0.15, -0.1) is 5.10 Å². The van der Waals surface area contributed by atoms with E-state index in [2.05, 4.69) is 21.2 Å². The fraction of sp³-hybridized carbons (Fsp3) is 0. The number of furan rings is 1. The summed E-state index contributed by atoms with van der Waals surface area (Å²) in [4.78, 5) is 4.53. The van der Waals surface area contributed by atoms with Gasteiger partial charge in [-0.3, -0.25) is 4.98 Å². The molecule has 0 aliphatic heterocycles. The second-order valence-electron chi connectivity index (χ2n) is 5.45. The Balaban J connectivity index is 1.84. The second kappa shape index (κ2) is 4.61. The third-order valence-electron chi connectivity index (χ3n) is 4.07. The summed E-state index contributed by atoms with van der Waals surface area (Å²) in [6.45, 7) is 0. The van der Waals surface area contributed by atoms with Gasteiger partial charge in [0.15, 0.2) is 11.3 Å². The molecule has 0 spiro atoms. The molecule has 4 heteroatoms. The Morgan fingerprint density at radius 3 is 2.57 bits per heavy atom. The van der Waals surface area contributed by atoms with Gasteiger partial charge in [0.25, 0.3) is 0 Å². The number of aromatic nitrogens is 3. The van der Waals surface area contributed by atoms with Crippen LogP contribution in [0.25, 0.3) is 44.1 Å². The SMILES string of the molecule is c1ccc2cc(-c3nncc4c3oc3ccccc34)ncc2c1. The first-order chi connectivity index (χ1) is 11.4. The van der Waals surface area contributed by atoms with Crippen molar-refractivity contribution >= 4 is 32.7 Å². The highest BCUT2D eigenvalue weighted by atomic mass is 16.3. The van der Waals surface area contributed by atoms with Crippen LogP contribution in [0.4, 0.5) is 0 Å². The molecule has 0 atom stereocenters. The molecule has 5 aromatic rings. The summed E-state index contributed by atoms with van der Waals surface area (Å²) in [5, 5.41) is 12.6. The number of hydrogen-bond acceptors (Lipinski definition) is 4. The van der Waals surface area contributed by atoms with Crippen molar-refractivity contribution in [2.45, 2.75) is 0 Å². The molecule has 0 saturated heterocycles. The predicted molar refractivity (Wildman–Crippen MR) is 90.0 cm³/mol. The summed E-state index contributed by atoms with van der Waals surface area (Å²) in [5.41, 5.74) is 2.99. The van der Waals surface area contributed by atoms with E-state index in [1.165, 1.54) is 0 Å². The van der Waals surface area contributed by atoms with Crippen LogP contribution in [0.2, 0.25) is 0 Å². The smallest absolute Gasteiger partial charge is 0.166 e. The summed E-state index contributed by atoms with van der Waals surface area (Å²) in [5.74, 6) is 0. The lowest BCUT2D eigenvalue weighted by Gasteiger charge is -2.02. The second-order valence-corrected chi connectivity index (χ2v) is 5.45. The maximum absolute atomic E-state index is 6.01. The van der Waals surface area contributed by atoms with E-state index in [1.807, 2.05) is 54.7 Å². The quantitative estimate of drug-likeness (QED) is 0.454. The summed E-state index contributed by atoms with van der Waals surface area (Å²) in [6.07, 6.45) is 3.60. The van der Waals surface area contributed by atoms with Gasteiger partial charge in [-0.25, -0.2) is 0 Å². The molecule has 2 aromatic carbocycles. The maximum Gasteiger partial charge on any atom is 0.166 e. The normalized spacial score (nSPS) is 11.5. The maximum atomic E-state index is 6.01. The van der Waals surface area contributed by atoms with E-state index in [9.17, 15) is 0 Å². The first-order valence-corrected chi connectivity index (χ1v) is 7.38. The number of para-hydroxylation sites is 1. The summed E-state index contributed by atoms with van der Waals surface area (Å²) < 4.78 is 6.01. The van der Waals surface area contributed by atoms with E-state index in [-0.39, 0.29) is 0 Å². The van der Waals surface area contributed by atoms with Gasteiger partial charge in [0, 0.05) is 17.0 Å². The number of rotatable bonds is 1. The van der Waals surface area contributed by atoms with Crippen molar-refractivity contribution in [3.8, 4) is 11.4 Å². The number of fused-ring (bicyclic) bond motifs is 4. The standard InChI is InChI=1S/C19H11N3O/c1-2-6-13-10-20-16(9-12(13)5-1)18-19-15(11-21-22-18)14-7-3-4-8-17(14)23-19/h1-11H. The van der Waals surface area contributed by atoms with Crippen LogP contribution in [0.5, 0.6) is 0 Å². The Morgan fingerprint density at radius 1 is 0.783 bits per heavy atom. The molecule has 3 aromatic heterocycles. The monoisotopic (exact) mass is 297 g/mol. The molecule has 23 heavy (non-hydrogen) atoms. The highest BCUT2D eigenvalue weighted by molar-refractivity contribution is 6.08. The zero-order valence-corrected chi connectivity index (χ0v) is 12.1. The molecule has 0 amide bonds. The van der Waals surface area contributed by atoms with Crippen molar-refractivity contribution in [3.63, 3.8) is 0 Å². The van der Waals surface area contributed by atoms with Gasteiger partial charge >= 0.3 is 0 Å². The van der Waals surface area contributed by atoms with E-state index in [1.54, 1.807) is 6.20 Å². The molecule has 108 valence electrons. The third-order valence-corrected chi connectivity index (χ3v) is 4.07. The Bertz CT molecular complexity index is 1180. The third kappa shape index (κ3) is 1.82. The van der Waals surface area contributed by atoms with Crippen LogP contribution < -0.4 is 0 Å². The van der Waals surface area contributed by atoms with Crippen molar-refractivity contribution in [2.24, 2.45) is 0 Å². The molecule has 0 unspecified atom stereocenters. The highest BCUT2D eigenvalue weighted by Crippen LogP contribution is 2.33. The topological polar surface area (TPSA) is 51.8 Å². The largest absolute Gasteiger partial charge is 0.454 e. The number of hydrogen-bond donors (Lipinski definition) is 0. The van der Waals surface area contributed by atoms with Gasteiger partial charge in [0.05, 0.1) is 17.3 Å². The molecule has 5 rings (SSSR count). The Morgan fingerprint density at radius 2 is 1.61 bits per heavy atom. The Hall–Kier alpha value is -3.27. The molecule has 0 N–H and O–H groups in total. The van der Waals surface area contributed by atoms with Crippen molar-refractivity contribution in [1.82, 2.24) is 15.2 Å². The highest BCUT2D eigenvalue weighted by Gasteiger charge is 2.15. The van der Waals surface area contributed by atoms with Gasteiger partial charge in [0.2, 0.25) is 0 Å². The van der Waals surface area contributed by atoms with Gasteiger partial charge in [-0.1, -0.05) is 42.5 Å². The minimum absolute atomic E-state index is 0.671. The number of pyridine rings is 1. The van der Waals surface area contributed by atoms with Gasteiger partial charge in [-0.2, -0.15) is 5.10 Å². The zero-order chi connectivity index (χ0) is 15.2. The van der Waals surface area contributed by atoms with E-state index in [0.29, 0.717) is 5.69 Å². The first kappa shape index (κ1) is 12.3. The van der Waals surface area contributed by atoms with Crippen LogP contribution in [-0.2, 0) is 0 Å². The summed E-state index contributed by atoms with van der Waals surface area (Å²) in [7, 11) is 0. The molecule has 0 aliphatic rings. The number of benzene rings is 2. The fourth-order valence-electron chi connectivity index (χ4n) is 2.94. The molecular formula is C19H11N3O. The van der Waals surface area contributed by atoms with Crippen molar-refractivity contribution in [2.75, 3.05) is 0 Å². The van der Waals surface area contributed by atoms with Gasteiger partial charge in [0.1, 0.15) is 5.58 Å². The average Bonchev–Trinajstić information content (AvgIpc) is 3.00. The van der Waals surface area contributed by atoms with Crippen molar-refractivity contribution in [1.29, 1.82) is 0 Å². The zero-order valence-electron chi connectivity index (χ0n) is 12.1. The van der Waals surface area contributed by atoms with Crippen LogP contribution in [0.3, 0.4) is 0 Å². The van der Waals surface area contributed by atoms with E-state index in [0.717, 1.165) is 38.4 Å². The lowest BCUT2D eigenvalue weighted by atomic mass is 10.1. The molecule has 0 bridgehead atoms. The molecular weight excluding hydrogens is 286 g/mol. The summed E-state index contributed by atoms with van der Waals surface area (Å²) in [6, 6.07) is 18.1. The minimum Gasteiger partial charge on any atom is -0.454 e. The van der Waals surface area contributed by atoms with E-state index < -0.39 is 0 Å². The van der Waals surface area contributed by atoms with Crippen molar-refractivity contribution < 1.29 is 4.42 Å². The van der Waals surface area contributed by atoms with Crippen LogP contribution >= 0.6 is 0 Å². The lowest BCUT2D eigenvalue weighted by Crippen LogP contribution is -1.90. The van der Waals surface area contributed by atoms with Crippen LogP contribution in [0.1, 0.15) is 0 Å². The number of nitrogens with zero attached hydrogens (tertiary/aromatic N) is 3. The Kier molecular flexibility index (Phi) is 2.46. The average molecular weight is 297 g/mol. The molecule has 0 fully saturated rings.